The molecule has 370 valence electrons. The van der Waals surface area contributed by atoms with Crippen LogP contribution >= 0.6 is 0 Å². The van der Waals surface area contributed by atoms with Crippen molar-refractivity contribution in [1.82, 2.24) is 39.9 Å². The summed E-state index contributed by atoms with van der Waals surface area (Å²) in [4.78, 5) is 37.4. The van der Waals surface area contributed by atoms with E-state index in [1.807, 2.05) is 0 Å². The standard InChI is InChI=1S/C64H74N8/c1-5-9-13-17-21-48-53-30-25-43(65-53)40-46-28-33-57(68-46)51(24-20-16-12-8-4)63-42-52(62(72-63)41-47-29-34-54(48)69-47)64-60-37-35-58(70-60)49(22-18-14-10-6-2)55-31-26-44(66-55)39-45-27-32-56(67-45)50(23-19-15-11-7-3)59-36-38-61(64)71-59/h25-42,66,68-69,71H,5-24H2,1-4H3. The van der Waals surface area contributed by atoms with Crippen LogP contribution in [0.5, 0.6) is 0 Å². The maximum atomic E-state index is 5.70. The van der Waals surface area contributed by atoms with E-state index in [9.17, 15) is 0 Å². The highest BCUT2D eigenvalue weighted by atomic mass is 14.8. The number of aromatic amines is 4. The molecule has 4 N–H and O–H groups in total. The lowest BCUT2D eigenvalue weighted by Gasteiger charge is -2.07. The molecule has 0 saturated heterocycles. The van der Waals surface area contributed by atoms with Gasteiger partial charge in [-0.1, -0.05) is 105 Å². The topological polar surface area (TPSA) is 115 Å². The van der Waals surface area contributed by atoms with Crippen LogP contribution < -0.4 is 0 Å². The molecule has 4 aliphatic heterocycles. The quantitative estimate of drug-likeness (QED) is 0.0537. The van der Waals surface area contributed by atoms with E-state index in [0.29, 0.717) is 0 Å². The Morgan fingerprint density at radius 2 is 0.722 bits per heavy atom. The van der Waals surface area contributed by atoms with Crippen LogP contribution in [0.15, 0.2) is 66.7 Å². The summed E-state index contributed by atoms with van der Waals surface area (Å²) in [5.41, 5.74) is 23.5. The minimum atomic E-state index is 0.912. The van der Waals surface area contributed by atoms with Crippen molar-refractivity contribution in [2.24, 2.45) is 0 Å². The number of aryl methyl sites for hydroxylation is 4. The van der Waals surface area contributed by atoms with Crippen molar-refractivity contribution in [3.63, 3.8) is 0 Å². The Bertz CT molecular complexity index is 3370. The molecular formula is C64H74N8. The minimum absolute atomic E-state index is 0.912. The van der Waals surface area contributed by atoms with E-state index in [2.05, 4.69) is 157 Å². The Labute approximate surface area is 426 Å². The zero-order chi connectivity index (χ0) is 49.2. The molecule has 0 saturated carbocycles. The van der Waals surface area contributed by atoms with Crippen LogP contribution in [-0.4, -0.2) is 39.9 Å². The van der Waals surface area contributed by atoms with E-state index >= 15 is 0 Å². The second kappa shape index (κ2) is 23.2. The lowest BCUT2D eigenvalue weighted by Crippen LogP contribution is -1.95. The van der Waals surface area contributed by atoms with Crippen molar-refractivity contribution < 1.29 is 0 Å². The van der Waals surface area contributed by atoms with Gasteiger partial charge in [0.05, 0.1) is 45.6 Å². The van der Waals surface area contributed by atoms with Gasteiger partial charge < -0.3 is 19.9 Å². The average Bonchev–Trinajstić information content (AvgIpc) is 4.24. The van der Waals surface area contributed by atoms with Gasteiger partial charge in [-0.15, -0.1) is 0 Å². The number of H-pyrrole nitrogens is 4. The van der Waals surface area contributed by atoms with E-state index in [4.69, 9.17) is 19.9 Å². The summed E-state index contributed by atoms with van der Waals surface area (Å²) in [6.45, 7) is 9.12. The molecule has 0 spiro atoms. The van der Waals surface area contributed by atoms with Crippen LogP contribution in [0.4, 0.5) is 0 Å². The molecule has 0 atom stereocenters. The molecule has 6 aromatic rings. The van der Waals surface area contributed by atoms with Crippen molar-refractivity contribution in [3.05, 3.63) is 140 Å². The van der Waals surface area contributed by atoms with Gasteiger partial charge >= 0.3 is 0 Å². The van der Waals surface area contributed by atoms with Crippen LogP contribution in [-0.2, 0) is 25.7 Å². The summed E-state index contributed by atoms with van der Waals surface area (Å²) in [7, 11) is 0. The monoisotopic (exact) mass is 955 g/mol. The molecule has 16 bridgehead atoms. The number of rotatable bonds is 21. The van der Waals surface area contributed by atoms with Gasteiger partial charge in [0, 0.05) is 77.5 Å². The molecule has 0 aromatic carbocycles. The summed E-state index contributed by atoms with van der Waals surface area (Å²) in [6, 6.07) is 24.5. The molecule has 0 unspecified atom stereocenters. The van der Waals surface area contributed by atoms with Crippen LogP contribution in [0.25, 0.3) is 92.2 Å². The van der Waals surface area contributed by atoms with Crippen LogP contribution in [0.2, 0.25) is 0 Å². The number of hydrogen-bond acceptors (Lipinski definition) is 4. The predicted molar refractivity (Wildman–Crippen MR) is 307 cm³/mol. The lowest BCUT2D eigenvalue weighted by atomic mass is 9.99. The summed E-state index contributed by atoms with van der Waals surface area (Å²) >= 11 is 0. The fraction of sp³-hybridized carbons (Fsp3) is 0.375. The highest BCUT2D eigenvalue weighted by Crippen LogP contribution is 2.38. The van der Waals surface area contributed by atoms with Gasteiger partial charge in [-0.05, 0) is 161 Å². The SMILES string of the molecule is CCCCCCc1c2nc(cc3ccc([nH]3)c(CCCCCC)c3nc(cc4ccc1[nH]4)C(c1c4nc(c(CCCCCC)c5ccc(cc6nc(c(CCCCCC)c7ccc1[nH]7)C=C6)[nH]5)C=C4)=C3)C=C2. The number of nitrogens with one attached hydrogen (secondary N) is 4. The molecule has 4 aliphatic rings. The zero-order valence-corrected chi connectivity index (χ0v) is 43.3. The van der Waals surface area contributed by atoms with E-state index in [1.165, 1.54) is 99.3 Å². The Morgan fingerprint density at radius 3 is 1.21 bits per heavy atom. The fourth-order valence-corrected chi connectivity index (χ4v) is 11.0. The van der Waals surface area contributed by atoms with Crippen molar-refractivity contribution >= 4 is 92.2 Å². The number of fused-ring (bicyclic) bond motifs is 16. The Balaban J connectivity index is 1.26. The maximum Gasteiger partial charge on any atom is 0.0738 e. The van der Waals surface area contributed by atoms with Crippen LogP contribution in [0, 0.1) is 0 Å². The van der Waals surface area contributed by atoms with Gasteiger partial charge in [-0.25, -0.2) is 19.9 Å². The Kier molecular flexibility index (Phi) is 15.7. The lowest BCUT2D eigenvalue weighted by molar-refractivity contribution is 0.667. The van der Waals surface area contributed by atoms with Crippen LogP contribution in [0.1, 0.15) is 204 Å². The molecule has 8 heteroatoms. The zero-order valence-electron chi connectivity index (χ0n) is 43.3. The van der Waals surface area contributed by atoms with Gasteiger partial charge in [0.2, 0.25) is 0 Å². The van der Waals surface area contributed by atoms with Crippen LogP contribution in [0.3, 0.4) is 0 Å². The highest BCUT2D eigenvalue weighted by molar-refractivity contribution is 6.02. The van der Waals surface area contributed by atoms with E-state index in [-0.39, 0.29) is 0 Å². The van der Waals surface area contributed by atoms with Gasteiger partial charge in [0.25, 0.3) is 0 Å². The summed E-state index contributed by atoms with van der Waals surface area (Å²) in [5, 5.41) is 0. The Hall–Kier alpha value is -6.80. The largest absolute Gasteiger partial charge is 0.355 e. The fourth-order valence-electron chi connectivity index (χ4n) is 11.0. The molecule has 0 fully saturated rings. The smallest absolute Gasteiger partial charge is 0.0738 e. The predicted octanol–water partition coefficient (Wildman–Crippen LogP) is 17.5. The van der Waals surface area contributed by atoms with Gasteiger partial charge in [-0.3, -0.25) is 0 Å². The second-order valence-electron chi connectivity index (χ2n) is 20.4. The molecule has 10 rings (SSSR count). The van der Waals surface area contributed by atoms with Crippen molar-refractivity contribution in [2.45, 2.75) is 156 Å². The van der Waals surface area contributed by atoms with Crippen molar-refractivity contribution in [3.8, 4) is 0 Å². The highest BCUT2D eigenvalue weighted by Gasteiger charge is 2.23. The van der Waals surface area contributed by atoms with Crippen molar-refractivity contribution in [2.75, 3.05) is 0 Å². The first-order chi connectivity index (χ1) is 35.5. The molecule has 72 heavy (non-hydrogen) atoms. The maximum absolute atomic E-state index is 5.70. The van der Waals surface area contributed by atoms with E-state index in [1.54, 1.807) is 0 Å². The van der Waals surface area contributed by atoms with Gasteiger partial charge in [-0.2, -0.15) is 0 Å². The molecule has 0 radical (unpaired) electrons. The third kappa shape index (κ3) is 11.1. The van der Waals surface area contributed by atoms with E-state index in [0.717, 1.165) is 152 Å². The second-order valence-corrected chi connectivity index (χ2v) is 20.4. The minimum Gasteiger partial charge on any atom is -0.355 e. The molecular weight excluding hydrogens is 881 g/mol. The normalized spacial score (nSPS) is 12.9. The molecule has 6 aromatic heterocycles. The summed E-state index contributed by atoms with van der Waals surface area (Å²) < 4.78 is 0. The number of aromatic nitrogens is 8. The first-order valence-corrected chi connectivity index (χ1v) is 27.7. The number of hydrogen-bond donors (Lipinski definition) is 4. The third-order valence-corrected chi connectivity index (χ3v) is 14.9. The third-order valence-electron chi connectivity index (χ3n) is 14.9. The van der Waals surface area contributed by atoms with Gasteiger partial charge in [0.1, 0.15) is 0 Å². The number of unbranched alkanes of at least 4 members (excludes halogenated alkanes) is 12. The first-order valence-electron chi connectivity index (χ1n) is 27.7. The Morgan fingerprint density at radius 1 is 0.333 bits per heavy atom. The molecule has 10 heterocycles. The summed E-state index contributed by atoms with van der Waals surface area (Å²) in [6.07, 6.45) is 38.2. The summed E-state index contributed by atoms with van der Waals surface area (Å²) in [5.74, 6) is 0. The van der Waals surface area contributed by atoms with E-state index < -0.39 is 0 Å². The molecule has 0 amide bonds. The van der Waals surface area contributed by atoms with Gasteiger partial charge in [0.15, 0.2) is 0 Å². The first kappa shape index (κ1) is 48.8. The molecule has 8 nitrogen and oxygen atoms in total. The van der Waals surface area contributed by atoms with Crippen molar-refractivity contribution in [1.29, 1.82) is 0 Å². The molecule has 0 aliphatic carbocycles. The average molecular weight is 955 g/mol. The number of nitrogens with zero attached hydrogens (tertiary/aromatic N) is 4.